The topological polar surface area (TPSA) is 25.2 Å². The van der Waals surface area contributed by atoms with Gasteiger partial charge in [-0.15, -0.1) is 6.58 Å². The number of allylic oxidation sites excluding steroid dienone is 4. The zero-order valence-corrected chi connectivity index (χ0v) is 13.8. The maximum Gasteiger partial charge on any atom is 0.0915 e. The highest BCUT2D eigenvalue weighted by Gasteiger charge is 2.02. The molecule has 21 heavy (non-hydrogen) atoms. The van der Waals surface area contributed by atoms with Crippen LogP contribution in [0.1, 0.15) is 38.4 Å². The summed E-state index contributed by atoms with van der Waals surface area (Å²) >= 11 is 0. The first-order valence-corrected chi connectivity index (χ1v) is 7.21. The predicted molar refractivity (Wildman–Crippen MR) is 97.7 cm³/mol. The lowest BCUT2D eigenvalue weighted by atomic mass is 10.1. The number of hydrogen-bond donors (Lipinski definition) is 0. The predicted octanol–water partition coefficient (Wildman–Crippen LogP) is 5.78. The van der Waals surface area contributed by atoms with Gasteiger partial charge in [0.1, 0.15) is 0 Å². The van der Waals surface area contributed by atoms with E-state index in [0.717, 1.165) is 23.4 Å². The molecule has 114 valence electrons. The molecule has 1 aromatic heterocycles. The smallest absolute Gasteiger partial charge is 0.0915 e. The van der Waals surface area contributed by atoms with Crippen LogP contribution in [-0.4, -0.2) is 11.2 Å². The molecule has 1 aromatic rings. The number of hydrogen-bond acceptors (Lipinski definition) is 2. The maximum atomic E-state index is 4.29. The summed E-state index contributed by atoms with van der Waals surface area (Å²) in [5, 5.41) is 0. The monoisotopic (exact) mass is 284 g/mol. The van der Waals surface area contributed by atoms with Crippen LogP contribution in [0, 0.1) is 6.92 Å². The van der Waals surface area contributed by atoms with Gasteiger partial charge in [-0.05, 0) is 31.1 Å². The molecule has 1 heterocycles. The molecule has 0 N–H and O–H groups in total. The van der Waals surface area contributed by atoms with E-state index in [2.05, 4.69) is 36.6 Å². The highest BCUT2D eigenvalue weighted by molar-refractivity contribution is 5.79. The number of aliphatic imine (C=N–C) groups is 1. The van der Waals surface area contributed by atoms with Gasteiger partial charge in [-0.3, -0.25) is 9.98 Å². The van der Waals surface area contributed by atoms with Crippen molar-refractivity contribution in [2.24, 2.45) is 4.99 Å². The zero-order valence-electron chi connectivity index (χ0n) is 13.8. The molecule has 0 aliphatic heterocycles. The minimum absolute atomic E-state index is 0.794. The molecule has 2 nitrogen and oxygen atoms in total. The number of aryl methyl sites for hydroxylation is 1. The Bertz CT molecular complexity index is 468. The fourth-order valence-electron chi connectivity index (χ4n) is 1.18. The Morgan fingerprint density at radius 2 is 1.86 bits per heavy atom. The third kappa shape index (κ3) is 10.3. The first kappa shape index (κ1) is 21.1. The van der Waals surface area contributed by atoms with Gasteiger partial charge in [0.2, 0.25) is 0 Å². The van der Waals surface area contributed by atoms with Crippen molar-refractivity contribution >= 4 is 11.9 Å². The number of aromatic nitrogens is 1. The van der Waals surface area contributed by atoms with Crippen molar-refractivity contribution in [3.8, 4) is 0 Å². The number of rotatable bonds is 5. The average molecular weight is 284 g/mol. The summed E-state index contributed by atoms with van der Waals surface area (Å²) < 4.78 is 0. The molecule has 0 saturated heterocycles. The second-order valence-electron chi connectivity index (χ2n) is 3.67. The van der Waals surface area contributed by atoms with E-state index in [9.17, 15) is 0 Å². The van der Waals surface area contributed by atoms with Gasteiger partial charge in [0.25, 0.3) is 0 Å². The SMILES string of the molecule is C=CC=N/C(=C\C=C)c1ncccc1C.C=CCC.CC. The van der Waals surface area contributed by atoms with Gasteiger partial charge < -0.3 is 0 Å². The normalized spacial score (nSPS) is 9.81. The van der Waals surface area contributed by atoms with E-state index in [-0.39, 0.29) is 0 Å². The fourth-order valence-corrected chi connectivity index (χ4v) is 1.18. The Balaban J connectivity index is 0. The van der Waals surface area contributed by atoms with Crippen molar-refractivity contribution in [2.45, 2.75) is 34.1 Å². The van der Waals surface area contributed by atoms with Crippen molar-refractivity contribution in [3.05, 3.63) is 73.6 Å². The van der Waals surface area contributed by atoms with Gasteiger partial charge in [0, 0.05) is 12.4 Å². The van der Waals surface area contributed by atoms with Crippen LogP contribution in [0.4, 0.5) is 0 Å². The molecule has 1 rings (SSSR count). The molecule has 2 heteroatoms. The summed E-state index contributed by atoms with van der Waals surface area (Å²) in [4.78, 5) is 8.53. The summed E-state index contributed by atoms with van der Waals surface area (Å²) in [6, 6.07) is 3.91. The molecule has 0 fully saturated rings. The maximum absolute atomic E-state index is 4.29. The zero-order chi connectivity index (χ0) is 16.5. The lowest BCUT2D eigenvalue weighted by molar-refractivity contribution is 1.20. The van der Waals surface area contributed by atoms with E-state index in [1.54, 1.807) is 24.6 Å². The quantitative estimate of drug-likeness (QED) is 0.382. The molecule has 0 spiro atoms. The Kier molecular flexibility index (Phi) is 15.9. The molecule has 0 amide bonds. The Morgan fingerprint density at radius 3 is 2.29 bits per heavy atom. The van der Waals surface area contributed by atoms with Crippen LogP contribution in [0.5, 0.6) is 0 Å². The standard InChI is InChI=1S/C13H14N2.C4H8.C2H6/c1-4-7-12(14-9-5-2)13-11(3)8-6-10-15-13;1-3-4-2;1-2/h4-10H,1-2H2,3H3;3H,1,4H2,2H3;1-2H3/b12-7-,14-9?;;. The molecular weight excluding hydrogens is 256 g/mol. The lowest BCUT2D eigenvalue weighted by Crippen LogP contribution is -1.90. The van der Waals surface area contributed by atoms with E-state index in [0.29, 0.717) is 0 Å². The van der Waals surface area contributed by atoms with Gasteiger partial charge in [0.15, 0.2) is 0 Å². The molecule has 0 radical (unpaired) electrons. The van der Waals surface area contributed by atoms with E-state index in [4.69, 9.17) is 0 Å². The molecule has 0 aliphatic rings. The van der Waals surface area contributed by atoms with Crippen molar-refractivity contribution in [1.82, 2.24) is 4.98 Å². The summed E-state index contributed by atoms with van der Waals surface area (Å²) in [7, 11) is 0. The van der Waals surface area contributed by atoms with Gasteiger partial charge in [-0.2, -0.15) is 0 Å². The summed E-state index contributed by atoms with van der Waals surface area (Å²) in [6.45, 7) is 18.8. The second-order valence-corrected chi connectivity index (χ2v) is 3.67. The van der Waals surface area contributed by atoms with Gasteiger partial charge in [-0.1, -0.05) is 58.2 Å². The van der Waals surface area contributed by atoms with E-state index in [1.165, 1.54) is 0 Å². The highest BCUT2D eigenvalue weighted by Crippen LogP contribution is 2.16. The molecule has 0 aliphatic carbocycles. The summed E-state index contributed by atoms with van der Waals surface area (Å²) in [6.07, 6.45) is 11.5. The molecule has 0 unspecified atom stereocenters. The molecule has 0 aromatic carbocycles. The van der Waals surface area contributed by atoms with Crippen molar-refractivity contribution < 1.29 is 0 Å². The van der Waals surface area contributed by atoms with Crippen LogP contribution in [-0.2, 0) is 0 Å². The highest BCUT2D eigenvalue weighted by atomic mass is 14.8. The van der Waals surface area contributed by atoms with Crippen LogP contribution in [0.2, 0.25) is 0 Å². The Morgan fingerprint density at radius 1 is 1.24 bits per heavy atom. The van der Waals surface area contributed by atoms with Crippen LogP contribution in [0.25, 0.3) is 5.70 Å². The lowest BCUT2D eigenvalue weighted by Gasteiger charge is -2.03. The van der Waals surface area contributed by atoms with E-state index < -0.39 is 0 Å². The number of nitrogens with zero attached hydrogens (tertiary/aromatic N) is 2. The second kappa shape index (κ2) is 15.8. The van der Waals surface area contributed by atoms with Gasteiger partial charge >= 0.3 is 0 Å². The van der Waals surface area contributed by atoms with Crippen molar-refractivity contribution in [3.63, 3.8) is 0 Å². The molecule has 0 saturated carbocycles. The van der Waals surface area contributed by atoms with Crippen molar-refractivity contribution in [1.29, 1.82) is 0 Å². The van der Waals surface area contributed by atoms with Crippen LogP contribution >= 0.6 is 0 Å². The van der Waals surface area contributed by atoms with E-state index >= 15 is 0 Å². The van der Waals surface area contributed by atoms with Crippen LogP contribution in [0.3, 0.4) is 0 Å². The number of pyridine rings is 1. The van der Waals surface area contributed by atoms with Crippen LogP contribution < -0.4 is 0 Å². The first-order chi connectivity index (χ1) is 10.2. The third-order valence-corrected chi connectivity index (χ3v) is 2.14. The Hall–Kier alpha value is -2.22. The molecule has 0 bridgehead atoms. The van der Waals surface area contributed by atoms with Gasteiger partial charge in [0.05, 0.1) is 11.4 Å². The molecule has 0 atom stereocenters. The van der Waals surface area contributed by atoms with E-state index in [1.807, 2.05) is 45.1 Å². The van der Waals surface area contributed by atoms with Gasteiger partial charge in [-0.25, -0.2) is 0 Å². The van der Waals surface area contributed by atoms with Crippen molar-refractivity contribution in [2.75, 3.05) is 0 Å². The van der Waals surface area contributed by atoms with Crippen LogP contribution in [0.15, 0.2) is 67.4 Å². The summed E-state index contributed by atoms with van der Waals surface area (Å²) in [5.74, 6) is 0. The minimum Gasteiger partial charge on any atom is -0.255 e. The largest absolute Gasteiger partial charge is 0.255 e. The average Bonchev–Trinajstić information content (AvgIpc) is 2.54. The first-order valence-electron chi connectivity index (χ1n) is 7.21. The Labute approximate surface area is 130 Å². The molecular formula is C19H28N2. The minimum atomic E-state index is 0.794. The summed E-state index contributed by atoms with van der Waals surface area (Å²) in [5.41, 5.74) is 2.75. The fraction of sp³-hybridized carbons (Fsp3) is 0.263. The third-order valence-electron chi connectivity index (χ3n) is 2.14.